The molecule has 0 spiro atoms. The molecule has 2 aromatic carbocycles. The maximum absolute atomic E-state index is 14.0. The molecule has 3 aromatic rings. The highest BCUT2D eigenvalue weighted by Crippen LogP contribution is 2.30. The monoisotopic (exact) mass is 415 g/mol. The minimum absolute atomic E-state index is 0.0469. The van der Waals surface area contributed by atoms with Crippen LogP contribution in [-0.2, 0) is 4.79 Å². The van der Waals surface area contributed by atoms with Crippen LogP contribution in [0.15, 0.2) is 48.5 Å². The standard InChI is InChI=1S/C20H19FN4O3S/c1-23(2)11-12-24(20-22-19-16(21)7-4-8-17(19)29-20)18(26)10-9-14-5-3-6-15(13-14)25(27)28/h3-10,13H,11-12H2,1-2H3/p+1/b10-9+. The van der Waals surface area contributed by atoms with Gasteiger partial charge in [-0.2, -0.15) is 0 Å². The molecule has 0 aliphatic heterocycles. The molecule has 1 amide bonds. The van der Waals surface area contributed by atoms with Gasteiger partial charge in [-0.15, -0.1) is 0 Å². The molecule has 3 rings (SSSR count). The number of hydrogen-bond donors (Lipinski definition) is 1. The SMILES string of the molecule is C[NH+](C)CCN(C(=O)/C=C/c1cccc([N+](=O)[O-])c1)c1nc2c(F)cccc2s1. The molecule has 0 bridgehead atoms. The van der Waals surface area contributed by atoms with Gasteiger partial charge in [0.15, 0.2) is 5.13 Å². The number of anilines is 1. The van der Waals surface area contributed by atoms with Gasteiger partial charge in [0.1, 0.15) is 11.3 Å². The number of quaternary nitrogens is 1. The fourth-order valence-electron chi connectivity index (χ4n) is 2.65. The molecule has 1 aromatic heterocycles. The topological polar surface area (TPSA) is 80.8 Å². The number of nitro benzene ring substituents is 1. The zero-order chi connectivity index (χ0) is 21.0. The first kappa shape index (κ1) is 20.6. The van der Waals surface area contributed by atoms with E-state index in [1.807, 2.05) is 14.1 Å². The van der Waals surface area contributed by atoms with Crippen LogP contribution in [0.25, 0.3) is 16.3 Å². The Hall–Kier alpha value is -3.17. The van der Waals surface area contributed by atoms with Gasteiger partial charge in [-0.1, -0.05) is 29.5 Å². The second kappa shape index (κ2) is 8.89. The number of rotatable bonds is 7. The summed E-state index contributed by atoms with van der Waals surface area (Å²) in [6.07, 6.45) is 2.88. The van der Waals surface area contributed by atoms with E-state index in [0.717, 1.165) is 4.90 Å². The molecular formula is C20H20FN4O3S+. The fourth-order valence-corrected chi connectivity index (χ4v) is 3.67. The molecule has 0 aliphatic rings. The number of nitrogens with zero attached hydrogens (tertiary/aromatic N) is 3. The summed E-state index contributed by atoms with van der Waals surface area (Å²) in [5.41, 5.74) is 0.737. The van der Waals surface area contributed by atoms with Crippen molar-refractivity contribution in [2.75, 3.05) is 32.1 Å². The van der Waals surface area contributed by atoms with E-state index in [4.69, 9.17) is 0 Å². The number of non-ortho nitro benzene ring substituents is 1. The molecule has 1 heterocycles. The summed E-state index contributed by atoms with van der Waals surface area (Å²) in [4.78, 5) is 30.3. The van der Waals surface area contributed by atoms with Crippen molar-refractivity contribution in [3.05, 3.63) is 70.0 Å². The van der Waals surface area contributed by atoms with E-state index >= 15 is 0 Å². The molecule has 0 radical (unpaired) electrons. The average Bonchev–Trinajstić information content (AvgIpc) is 3.12. The number of thiazole rings is 1. The Labute approximate surface area is 170 Å². The van der Waals surface area contributed by atoms with Gasteiger partial charge in [0.05, 0.1) is 36.8 Å². The Kier molecular flexibility index (Phi) is 6.30. The summed E-state index contributed by atoms with van der Waals surface area (Å²) >= 11 is 1.25. The lowest BCUT2D eigenvalue weighted by Gasteiger charge is -2.19. The number of benzene rings is 2. The molecule has 1 N–H and O–H groups in total. The maximum Gasteiger partial charge on any atom is 0.270 e. The van der Waals surface area contributed by atoms with E-state index in [0.29, 0.717) is 28.5 Å². The zero-order valence-electron chi connectivity index (χ0n) is 16.0. The molecular weight excluding hydrogens is 395 g/mol. The summed E-state index contributed by atoms with van der Waals surface area (Å²) in [7, 11) is 3.94. The van der Waals surface area contributed by atoms with Crippen molar-refractivity contribution < 1.29 is 19.0 Å². The zero-order valence-corrected chi connectivity index (χ0v) is 16.8. The van der Waals surface area contributed by atoms with Gasteiger partial charge in [-0.25, -0.2) is 9.37 Å². The highest BCUT2D eigenvalue weighted by Gasteiger charge is 2.20. The van der Waals surface area contributed by atoms with Crippen molar-refractivity contribution in [1.82, 2.24) is 4.98 Å². The largest absolute Gasteiger partial charge is 0.338 e. The van der Waals surface area contributed by atoms with Gasteiger partial charge < -0.3 is 4.90 Å². The number of halogens is 1. The molecule has 0 saturated heterocycles. The number of likely N-dealkylation sites (N-methyl/N-ethyl adjacent to an activating group) is 1. The number of hydrogen-bond acceptors (Lipinski definition) is 5. The first-order valence-corrected chi connectivity index (χ1v) is 9.75. The fraction of sp³-hybridized carbons (Fsp3) is 0.200. The second-order valence-corrected chi connectivity index (χ2v) is 7.72. The molecule has 0 atom stereocenters. The van der Waals surface area contributed by atoms with Crippen LogP contribution < -0.4 is 9.80 Å². The summed E-state index contributed by atoms with van der Waals surface area (Å²) in [6.45, 7) is 1.08. The van der Waals surface area contributed by atoms with Gasteiger partial charge in [-0.05, 0) is 23.8 Å². The Morgan fingerprint density at radius 2 is 2.07 bits per heavy atom. The van der Waals surface area contributed by atoms with Crippen molar-refractivity contribution in [3.8, 4) is 0 Å². The van der Waals surface area contributed by atoms with E-state index in [1.54, 1.807) is 24.3 Å². The quantitative estimate of drug-likeness (QED) is 0.365. The van der Waals surface area contributed by atoms with Crippen molar-refractivity contribution in [1.29, 1.82) is 0 Å². The summed E-state index contributed by atoms with van der Waals surface area (Å²) < 4.78 is 14.7. The smallest absolute Gasteiger partial charge is 0.270 e. The molecule has 150 valence electrons. The first-order valence-electron chi connectivity index (χ1n) is 8.93. The van der Waals surface area contributed by atoms with Crippen LogP contribution in [0.3, 0.4) is 0 Å². The van der Waals surface area contributed by atoms with Crippen molar-refractivity contribution >= 4 is 44.4 Å². The van der Waals surface area contributed by atoms with Gasteiger partial charge in [-0.3, -0.25) is 19.8 Å². The van der Waals surface area contributed by atoms with Crippen molar-refractivity contribution in [2.24, 2.45) is 0 Å². The molecule has 0 unspecified atom stereocenters. The van der Waals surface area contributed by atoms with Crippen LogP contribution in [0.2, 0.25) is 0 Å². The van der Waals surface area contributed by atoms with Crippen molar-refractivity contribution in [2.45, 2.75) is 0 Å². The van der Waals surface area contributed by atoms with E-state index < -0.39 is 10.7 Å². The molecule has 0 saturated carbocycles. The lowest BCUT2D eigenvalue weighted by Crippen LogP contribution is -3.06. The normalized spacial score (nSPS) is 11.4. The van der Waals surface area contributed by atoms with Crippen LogP contribution in [0.4, 0.5) is 15.2 Å². The van der Waals surface area contributed by atoms with E-state index in [1.165, 1.54) is 46.6 Å². The van der Waals surface area contributed by atoms with Crippen LogP contribution in [-0.4, -0.2) is 43.0 Å². The molecule has 0 fully saturated rings. The Morgan fingerprint density at radius 1 is 1.31 bits per heavy atom. The third-order valence-electron chi connectivity index (χ3n) is 4.19. The number of nitro groups is 1. The van der Waals surface area contributed by atoms with Gasteiger partial charge in [0.25, 0.3) is 11.6 Å². The number of nitrogens with one attached hydrogen (secondary N) is 1. The average molecular weight is 415 g/mol. The van der Waals surface area contributed by atoms with Crippen LogP contribution in [0.1, 0.15) is 5.56 Å². The van der Waals surface area contributed by atoms with Crippen LogP contribution in [0, 0.1) is 15.9 Å². The lowest BCUT2D eigenvalue weighted by atomic mass is 10.2. The third kappa shape index (κ3) is 5.01. The maximum atomic E-state index is 14.0. The Balaban J connectivity index is 1.89. The predicted molar refractivity (Wildman–Crippen MR) is 112 cm³/mol. The minimum Gasteiger partial charge on any atom is -0.338 e. The second-order valence-electron chi connectivity index (χ2n) is 6.72. The van der Waals surface area contributed by atoms with E-state index in [-0.39, 0.29) is 17.1 Å². The van der Waals surface area contributed by atoms with Gasteiger partial charge in [0.2, 0.25) is 0 Å². The Morgan fingerprint density at radius 3 is 2.76 bits per heavy atom. The van der Waals surface area contributed by atoms with Crippen molar-refractivity contribution in [3.63, 3.8) is 0 Å². The number of carbonyl (C=O) groups is 1. The molecule has 7 nitrogen and oxygen atoms in total. The van der Waals surface area contributed by atoms with Gasteiger partial charge in [0, 0.05) is 18.2 Å². The molecule has 0 aliphatic carbocycles. The number of amides is 1. The summed E-state index contributed by atoms with van der Waals surface area (Å²) in [5, 5.41) is 11.3. The van der Waals surface area contributed by atoms with E-state index in [9.17, 15) is 19.3 Å². The Bertz CT molecular complexity index is 1080. The lowest BCUT2D eigenvalue weighted by molar-refractivity contribution is -0.856. The van der Waals surface area contributed by atoms with Gasteiger partial charge >= 0.3 is 0 Å². The van der Waals surface area contributed by atoms with E-state index in [2.05, 4.69) is 4.98 Å². The molecule has 29 heavy (non-hydrogen) atoms. The number of aromatic nitrogens is 1. The first-order chi connectivity index (χ1) is 13.8. The summed E-state index contributed by atoms with van der Waals surface area (Å²) in [5.74, 6) is -0.750. The summed E-state index contributed by atoms with van der Waals surface area (Å²) in [6, 6.07) is 10.7. The minimum atomic E-state index is -0.485. The predicted octanol–water partition coefficient (Wildman–Crippen LogP) is 2.53. The van der Waals surface area contributed by atoms with Crippen LogP contribution >= 0.6 is 11.3 Å². The number of carbonyl (C=O) groups excluding carboxylic acids is 1. The highest BCUT2D eigenvalue weighted by molar-refractivity contribution is 7.22. The molecule has 9 heteroatoms. The third-order valence-corrected chi connectivity index (χ3v) is 5.23. The highest BCUT2D eigenvalue weighted by atomic mass is 32.1. The number of para-hydroxylation sites is 1. The van der Waals surface area contributed by atoms with Crippen LogP contribution in [0.5, 0.6) is 0 Å². The number of fused-ring (bicyclic) bond motifs is 1.